The maximum Gasteiger partial charge on any atom is 0.174 e. The monoisotopic (exact) mass is 375 g/mol. The average molecular weight is 375 g/mol. The van der Waals surface area contributed by atoms with Crippen molar-refractivity contribution < 1.29 is 14.0 Å². The number of para-hydroxylation sites is 1. The number of rotatable bonds is 8. The largest absolute Gasteiger partial charge is 0.486 e. The lowest BCUT2D eigenvalue weighted by Crippen LogP contribution is -2.61. The van der Waals surface area contributed by atoms with Gasteiger partial charge in [0.25, 0.3) is 0 Å². The zero-order valence-corrected chi connectivity index (χ0v) is 15.4. The maximum atomic E-state index is 8.90. The van der Waals surface area contributed by atoms with Gasteiger partial charge in [0.05, 0.1) is 36.1 Å². The zero-order chi connectivity index (χ0) is 19.2. The summed E-state index contributed by atoms with van der Waals surface area (Å²) in [4.78, 5) is 0. The van der Waals surface area contributed by atoms with Gasteiger partial charge in [0.15, 0.2) is 5.76 Å². The first kappa shape index (κ1) is 18.2. The molecular formula is C22H21N3O3. The molecule has 6 nitrogen and oxygen atoms in total. The smallest absolute Gasteiger partial charge is 0.174 e. The molecule has 2 heterocycles. The Kier molecular flexibility index (Phi) is 5.38. The maximum absolute atomic E-state index is 8.90. The molecular weight excluding hydrogens is 354 g/mol. The van der Waals surface area contributed by atoms with E-state index in [1.54, 1.807) is 0 Å². The van der Waals surface area contributed by atoms with Crippen LogP contribution in [0, 0.1) is 11.3 Å². The van der Waals surface area contributed by atoms with Gasteiger partial charge in [0.1, 0.15) is 12.4 Å². The predicted octanol–water partition coefficient (Wildman–Crippen LogP) is 3.23. The SMILES string of the molecule is N#Cc1ccc(CNC2(Cc3cc(COc4ccccc4)on3)COC2)cc1. The van der Waals surface area contributed by atoms with Gasteiger partial charge < -0.3 is 19.3 Å². The highest BCUT2D eigenvalue weighted by Gasteiger charge is 2.39. The zero-order valence-electron chi connectivity index (χ0n) is 15.4. The molecule has 0 atom stereocenters. The molecule has 142 valence electrons. The summed E-state index contributed by atoms with van der Waals surface area (Å²) in [6.07, 6.45) is 0.720. The molecule has 1 N–H and O–H groups in total. The summed E-state index contributed by atoms with van der Waals surface area (Å²) in [5, 5.41) is 16.7. The van der Waals surface area contributed by atoms with Crippen LogP contribution in [0.25, 0.3) is 0 Å². The minimum Gasteiger partial charge on any atom is -0.486 e. The normalized spacial score (nSPS) is 14.8. The number of nitriles is 1. The number of aromatic nitrogens is 1. The number of nitrogens with one attached hydrogen (secondary N) is 1. The van der Waals surface area contributed by atoms with E-state index in [-0.39, 0.29) is 5.54 Å². The lowest BCUT2D eigenvalue weighted by Gasteiger charge is -2.42. The van der Waals surface area contributed by atoms with E-state index >= 15 is 0 Å². The highest BCUT2D eigenvalue weighted by Crippen LogP contribution is 2.23. The van der Waals surface area contributed by atoms with Crippen LogP contribution in [0.5, 0.6) is 5.75 Å². The van der Waals surface area contributed by atoms with Crippen molar-refractivity contribution in [1.29, 1.82) is 5.26 Å². The lowest BCUT2D eigenvalue weighted by molar-refractivity contribution is -0.0755. The number of hydrogen-bond acceptors (Lipinski definition) is 6. The van der Waals surface area contributed by atoms with Crippen molar-refractivity contribution in [3.63, 3.8) is 0 Å². The van der Waals surface area contributed by atoms with E-state index in [1.165, 1.54) is 0 Å². The molecule has 0 unspecified atom stereocenters. The molecule has 0 spiro atoms. The Morgan fingerprint density at radius 1 is 1.11 bits per heavy atom. The van der Waals surface area contributed by atoms with E-state index in [0.717, 1.165) is 23.4 Å². The van der Waals surface area contributed by atoms with Gasteiger partial charge in [-0.3, -0.25) is 0 Å². The minimum absolute atomic E-state index is 0.150. The van der Waals surface area contributed by atoms with Crippen LogP contribution >= 0.6 is 0 Å². The number of nitrogens with zero attached hydrogens (tertiary/aromatic N) is 2. The Hall–Kier alpha value is -3.14. The molecule has 6 heteroatoms. The van der Waals surface area contributed by atoms with Crippen LogP contribution < -0.4 is 10.1 Å². The van der Waals surface area contributed by atoms with Gasteiger partial charge in [-0.15, -0.1) is 0 Å². The molecule has 0 radical (unpaired) electrons. The molecule has 1 aromatic heterocycles. The topological polar surface area (TPSA) is 80.3 Å². The van der Waals surface area contributed by atoms with Crippen LogP contribution in [0.2, 0.25) is 0 Å². The van der Waals surface area contributed by atoms with Crippen molar-refractivity contribution in [2.45, 2.75) is 25.1 Å². The lowest BCUT2D eigenvalue weighted by atomic mass is 9.91. The van der Waals surface area contributed by atoms with Crippen LogP contribution in [-0.2, 0) is 24.3 Å². The first-order chi connectivity index (χ1) is 13.7. The van der Waals surface area contributed by atoms with Gasteiger partial charge in [-0.05, 0) is 29.8 Å². The van der Waals surface area contributed by atoms with Crippen molar-refractivity contribution >= 4 is 0 Å². The molecule has 1 aliphatic rings. The fourth-order valence-corrected chi connectivity index (χ4v) is 3.13. The molecule has 1 fully saturated rings. The number of hydrogen-bond donors (Lipinski definition) is 1. The quantitative estimate of drug-likeness (QED) is 0.651. The second-order valence-electron chi connectivity index (χ2n) is 7.00. The highest BCUT2D eigenvalue weighted by atomic mass is 16.5. The van der Waals surface area contributed by atoms with E-state index in [0.29, 0.717) is 37.7 Å². The Balaban J connectivity index is 1.33. The summed E-state index contributed by atoms with van der Waals surface area (Å²) < 4.78 is 16.6. The summed E-state index contributed by atoms with van der Waals surface area (Å²) >= 11 is 0. The molecule has 4 rings (SSSR count). The van der Waals surface area contributed by atoms with Crippen LogP contribution in [-0.4, -0.2) is 23.9 Å². The Labute approximate surface area is 163 Å². The van der Waals surface area contributed by atoms with E-state index in [1.807, 2.05) is 60.7 Å². The van der Waals surface area contributed by atoms with Crippen molar-refractivity contribution in [2.75, 3.05) is 13.2 Å². The predicted molar refractivity (Wildman–Crippen MR) is 103 cm³/mol. The Morgan fingerprint density at radius 2 is 1.89 bits per heavy atom. The van der Waals surface area contributed by atoms with Crippen LogP contribution in [0.1, 0.15) is 22.6 Å². The molecule has 0 amide bonds. The van der Waals surface area contributed by atoms with Gasteiger partial charge >= 0.3 is 0 Å². The Bertz CT molecular complexity index is 941. The average Bonchev–Trinajstić information content (AvgIpc) is 3.17. The molecule has 0 aliphatic carbocycles. The van der Waals surface area contributed by atoms with Gasteiger partial charge in [0, 0.05) is 19.0 Å². The third-order valence-corrected chi connectivity index (χ3v) is 4.76. The van der Waals surface area contributed by atoms with E-state index in [4.69, 9.17) is 19.3 Å². The summed E-state index contributed by atoms with van der Waals surface area (Å²) in [7, 11) is 0. The standard InChI is InChI=1S/C22H21N3O3/c23-12-17-6-8-18(9-7-17)13-24-22(15-26-16-22)11-19-10-21(28-25-19)14-27-20-4-2-1-3-5-20/h1-10,24H,11,13-16H2. The van der Waals surface area contributed by atoms with Gasteiger partial charge in [-0.2, -0.15) is 5.26 Å². The summed E-state index contributed by atoms with van der Waals surface area (Å²) in [5.41, 5.74) is 2.52. The summed E-state index contributed by atoms with van der Waals surface area (Å²) in [6, 6.07) is 21.3. The minimum atomic E-state index is -0.150. The summed E-state index contributed by atoms with van der Waals surface area (Å²) in [5.74, 6) is 1.50. The second kappa shape index (κ2) is 8.26. The molecule has 0 saturated carbocycles. The number of ether oxygens (including phenoxy) is 2. The molecule has 28 heavy (non-hydrogen) atoms. The van der Waals surface area contributed by atoms with Crippen LogP contribution in [0.4, 0.5) is 0 Å². The first-order valence-corrected chi connectivity index (χ1v) is 9.19. The van der Waals surface area contributed by atoms with Crippen molar-refractivity contribution in [3.8, 4) is 11.8 Å². The van der Waals surface area contributed by atoms with Crippen molar-refractivity contribution in [1.82, 2.24) is 10.5 Å². The van der Waals surface area contributed by atoms with Gasteiger partial charge in [-0.25, -0.2) is 0 Å². The number of benzene rings is 2. The van der Waals surface area contributed by atoms with Crippen molar-refractivity contribution in [3.05, 3.63) is 83.2 Å². The Morgan fingerprint density at radius 3 is 2.57 bits per heavy atom. The third-order valence-electron chi connectivity index (χ3n) is 4.76. The fraction of sp³-hybridized carbons (Fsp3) is 0.273. The third kappa shape index (κ3) is 4.39. The van der Waals surface area contributed by atoms with Crippen LogP contribution in [0.15, 0.2) is 65.2 Å². The van der Waals surface area contributed by atoms with E-state index in [2.05, 4.69) is 16.5 Å². The van der Waals surface area contributed by atoms with Crippen molar-refractivity contribution in [2.24, 2.45) is 0 Å². The van der Waals surface area contributed by atoms with E-state index in [9.17, 15) is 0 Å². The molecule has 3 aromatic rings. The molecule has 0 bridgehead atoms. The molecule has 2 aromatic carbocycles. The van der Waals surface area contributed by atoms with Crippen LogP contribution in [0.3, 0.4) is 0 Å². The fourth-order valence-electron chi connectivity index (χ4n) is 3.13. The first-order valence-electron chi connectivity index (χ1n) is 9.19. The molecule has 1 aliphatic heterocycles. The second-order valence-corrected chi connectivity index (χ2v) is 7.00. The van der Waals surface area contributed by atoms with Gasteiger partial charge in [0.2, 0.25) is 0 Å². The highest BCUT2D eigenvalue weighted by molar-refractivity contribution is 5.31. The molecule has 1 saturated heterocycles. The summed E-state index contributed by atoms with van der Waals surface area (Å²) in [6.45, 7) is 2.31. The van der Waals surface area contributed by atoms with E-state index < -0.39 is 0 Å². The van der Waals surface area contributed by atoms with Gasteiger partial charge in [-0.1, -0.05) is 35.5 Å².